The van der Waals surface area contributed by atoms with Crippen LogP contribution in [0, 0.1) is 0 Å². The SMILES string of the molecule is CC(C)(O)COc1ccc(Br)cc1O. The highest BCUT2D eigenvalue weighted by Gasteiger charge is 2.14. The van der Waals surface area contributed by atoms with E-state index in [9.17, 15) is 10.2 Å². The van der Waals surface area contributed by atoms with E-state index < -0.39 is 5.60 Å². The van der Waals surface area contributed by atoms with E-state index in [1.165, 1.54) is 0 Å². The molecule has 14 heavy (non-hydrogen) atoms. The molecule has 78 valence electrons. The van der Waals surface area contributed by atoms with E-state index in [1.54, 1.807) is 32.0 Å². The van der Waals surface area contributed by atoms with Crippen molar-refractivity contribution >= 4 is 15.9 Å². The highest BCUT2D eigenvalue weighted by atomic mass is 79.9. The second kappa shape index (κ2) is 4.19. The van der Waals surface area contributed by atoms with Crippen molar-refractivity contribution in [1.29, 1.82) is 0 Å². The molecule has 4 heteroatoms. The summed E-state index contributed by atoms with van der Waals surface area (Å²) in [6, 6.07) is 4.95. The molecule has 0 aliphatic rings. The minimum atomic E-state index is -0.903. The Kier molecular flexibility index (Phi) is 3.39. The zero-order chi connectivity index (χ0) is 10.8. The Bertz CT molecular complexity index is 318. The van der Waals surface area contributed by atoms with E-state index in [0.29, 0.717) is 5.75 Å². The van der Waals surface area contributed by atoms with Gasteiger partial charge in [0.25, 0.3) is 0 Å². The predicted molar refractivity (Wildman–Crippen MR) is 57.6 cm³/mol. The quantitative estimate of drug-likeness (QED) is 0.877. The van der Waals surface area contributed by atoms with Gasteiger partial charge in [0, 0.05) is 4.47 Å². The van der Waals surface area contributed by atoms with Crippen LogP contribution in [0.3, 0.4) is 0 Å². The number of ether oxygens (including phenoxy) is 1. The van der Waals surface area contributed by atoms with Crippen molar-refractivity contribution < 1.29 is 14.9 Å². The number of aliphatic hydroxyl groups is 1. The van der Waals surface area contributed by atoms with Crippen molar-refractivity contribution in [3.63, 3.8) is 0 Å². The molecule has 0 bridgehead atoms. The van der Waals surface area contributed by atoms with Crippen molar-refractivity contribution in [2.75, 3.05) is 6.61 Å². The van der Waals surface area contributed by atoms with Gasteiger partial charge in [0.2, 0.25) is 0 Å². The zero-order valence-electron chi connectivity index (χ0n) is 8.12. The van der Waals surface area contributed by atoms with Gasteiger partial charge in [-0.1, -0.05) is 15.9 Å². The van der Waals surface area contributed by atoms with Gasteiger partial charge in [0.1, 0.15) is 6.61 Å². The number of phenolic OH excluding ortho intramolecular Hbond substituents is 1. The molecule has 3 nitrogen and oxygen atoms in total. The van der Waals surface area contributed by atoms with Crippen LogP contribution in [0.4, 0.5) is 0 Å². The summed E-state index contributed by atoms with van der Waals surface area (Å²) in [5, 5.41) is 18.9. The normalized spacial score (nSPS) is 11.4. The van der Waals surface area contributed by atoms with Crippen LogP contribution in [-0.2, 0) is 0 Å². The molecule has 0 unspecified atom stereocenters. The third kappa shape index (κ3) is 3.55. The molecule has 0 saturated carbocycles. The van der Waals surface area contributed by atoms with E-state index in [1.807, 2.05) is 0 Å². The van der Waals surface area contributed by atoms with Crippen molar-refractivity contribution in [3.05, 3.63) is 22.7 Å². The van der Waals surface area contributed by atoms with E-state index in [4.69, 9.17) is 4.74 Å². The molecule has 1 aromatic carbocycles. The van der Waals surface area contributed by atoms with Crippen LogP contribution >= 0.6 is 15.9 Å². The Morgan fingerprint density at radius 2 is 2.07 bits per heavy atom. The van der Waals surface area contributed by atoms with Gasteiger partial charge in [0.05, 0.1) is 5.60 Å². The topological polar surface area (TPSA) is 49.7 Å². The fraction of sp³-hybridized carbons (Fsp3) is 0.400. The maximum atomic E-state index is 9.45. The molecule has 1 aromatic rings. The van der Waals surface area contributed by atoms with Crippen molar-refractivity contribution in [1.82, 2.24) is 0 Å². The van der Waals surface area contributed by atoms with Gasteiger partial charge in [-0.05, 0) is 32.0 Å². The van der Waals surface area contributed by atoms with Gasteiger partial charge in [0.15, 0.2) is 11.5 Å². The lowest BCUT2D eigenvalue weighted by atomic mass is 10.2. The first-order chi connectivity index (χ1) is 6.38. The van der Waals surface area contributed by atoms with Gasteiger partial charge in [-0.15, -0.1) is 0 Å². The molecule has 0 aromatic heterocycles. The lowest BCUT2D eigenvalue weighted by molar-refractivity contribution is 0.0276. The summed E-state index contributed by atoms with van der Waals surface area (Å²) in [5.74, 6) is 0.430. The van der Waals surface area contributed by atoms with Crippen LogP contribution in [0.1, 0.15) is 13.8 Å². The first-order valence-electron chi connectivity index (χ1n) is 4.22. The average molecular weight is 261 g/mol. The number of rotatable bonds is 3. The van der Waals surface area contributed by atoms with Crippen molar-refractivity contribution in [2.24, 2.45) is 0 Å². The Balaban J connectivity index is 2.68. The summed E-state index contributed by atoms with van der Waals surface area (Å²) in [4.78, 5) is 0. The minimum absolute atomic E-state index is 0.0589. The number of aromatic hydroxyl groups is 1. The Labute approximate surface area is 91.5 Å². The lowest BCUT2D eigenvalue weighted by Crippen LogP contribution is -2.27. The van der Waals surface area contributed by atoms with Gasteiger partial charge in [-0.2, -0.15) is 0 Å². The van der Waals surface area contributed by atoms with Gasteiger partial charge in [-0.25, -0.2) is 0 Å². The standard InChI is InChI=1S/C10H13BrO3/c1-10(2,13)6-14-9-4-3-7(11)5-8(9)12/h3-5,12-13H,6H2,1-2H3. The monoisotopic (exact) mass is 260 g/mol. The molecule has 0 atom stereocenters. The lowest BCUT2D eigenvalue weighted by Gasteiger charge is -2.18. The average Bonchev–Trinajstić information content (AvgIpc) is 2.00. The Morgan fingerprint density at radius 3 is 2.57 bits per heavy atom. The maximum Gasteiger partial charge on any atom is 0.161 e. The number of hydrogen-bond donors (Lipinski definition) is 2. The molecule has 0 heterocycles. The summed E-state index contributed by atoms with van der Waals surface area (Å²) in [5.41, 5.74) is -0.903. The third-order valence-electron chi connectivity index (χ3n) is 1.50. The molecule has 0 aliphatic heterocycles. The zero-order valence-corrected chi connectivity index (χ0v) is 9.71. The molecular weight excluding hydrogens is 248 g/mol. The second-order valence-corrected chi connectivity index (χ2v) is 4.63. The van der Waals surface area contributed by atoms with E-state index in [2.05, 4.69) is 15.9 Å². The van der Waals surface area contributed by atoms with Gasteiger partial charge >= 0.3 is 0 Å². The number of hydrogen-bond acceptors (Lipinski definition) is 3. The largest absolute Gasteiger partial charge is 0.504 e. The van der Waals surface area contributed by atoms with Crippen molar-refractivity contribution in [2.45, 2.75) is 19.4 Å². The second-order valence-electron chi connectivity index (χ2n) is 3.71. The summed E-state index contributed by atoms with van der Waals surface area (Å²) in [6.45, 7) is 3.42. The molecule has 0 saturated heterocycles. The van der Waals surface area contributed by atoms with Crippen LogP contribution in [0.2, 0.25) is 0 Å². The highest BCUT2D eigenvalue weighted by molar-refractivity contribution is 9.10. The van der Waals surface area contributed by atoms with E-state index in [-0.39, 0.29) is 12.4 Å². The fourth-order valence-corrected chi connectivity index (χ4v) is 1.22. The molecule has 0 aliphatic carbocycles. The number of phenols is 1. The minimum Gasteiger partial charge on any atom is -0.504 e. The van der Waals surface area contributed by atoms with Crippen LogP contribution in [0.25, 0.3) is 0 Å². The fourth-order valence-electron chi connectivity index (χ4n) is 0.867. The van der Waals surface area contributed by atoms with Gasteiger partial charge in [-0.3, -0.25) is 0 Å². The van der Waals surface area contributed by atoms with Crippen LogP contribution in [0.15, 0.2) is 22.7 Å². The smallest absolute Gasteiger partial charge is 0.161 e. The summed E-state index contributed by atoms with van der Waals surface area (Å²) in [7, 11) is 0. The molecule has 0 amide bonds. The summed E-state index contributed by atoms with van der Waals surface area (Å²) < 4.78 is 6.02. The predicted octanol–water partition coefficient (Wildman–Crippen LogP) is 2.30. The van der Waals surface area contributed by atoms with E-state index >= 15 is 0 Å². The third-order valence-corrected chi connectivity index (χ3v) is 2.00. The molecule has 0 fully saturated rings. The molecule has 0 radical (unpaired) electrons. The number of benzene rings is 1. The summed E-state index contributed by atoms with van der Waals surface area (Å²) in [6.07, 6.45) is 0. The first-order valence-corrected chi connectivity index (χ1v) is 5.01. The highest BCUT2D eigenvalue weighted by Crippen LogP contribution is 2.29. The Morgan fingerprint density at radius 1 is 1.43 bits per heavy atom. The van der Waals surface area contributed by atoms with E-state index in [0.717, 1.165) is 4.47 Å². The van der Waals surface area contributed by atoms with Crippen LogP contribution in [-0.4, -0.2) is 22.4 Å². The maximum absolute atomic E-state index is 9.45. The van der Waals surface area contributed by atoms with Crippen LogP contribution in [0.5, 0.6) is 11.5 Å². The molecular formula is C10H13BrO3. The molecule has 0 spiro atoms. The van der Waals surface area contributed by atoms with Crippen molar-refractivity contribution in [3.8, 4) is 11.5 Å². The molecule has 2 N–H and O–H groups in total. The molecule has 1 rings (SSSR count). The first kappa shape index (κ1) is 11.3. The van der Waals surface area contributed by atoms with Gasteiger partial charge < -0.3 is 14.9 Å². The number of halogens is 1. The van der Waals surface area contributed by atoms with Crippen LogP contribution < -0.4 is 4.74 Å². The Hall–Kier alpha value is -0.740. The summed E-state index contributed by atoms with van der Waals surface area (Å²) >= 11 is 3.22.